The van der Waals surface area contributed by atoms with Gasteiger partial charge in [-0.1, -0.05) is 5.16 Å². The average Bonchev–Trinajstić information content (AvgIpc) is 3.25. The molecule has 3 rings (SSSR count). The normalized spacial score (nSPS) is 11.7. The molecule has 1 aromatic carbocycles. The van der Waals surface area contributed by atoms with Crippen LogP contribution in [-0.4, -0.2) is 23.0 Å². The third-order valence-electron chi connectivity index (χ3n) is 3.43. The van der Waals surface area contributed by atoms with E-state index in [-0.39, 0.29) is 5.69 Å². The van der Waals surface area contributed by atoms with Gasteiger partial charge in [-0.15, -0.1) is 11.3 Å². The lowest BCUT2D eigenvalue weighted by Crippen LogP contribution is -2.11. The fourth-order valence-corrected chi connectivity index (χ4v) is 3.04. The second-order valence-corrected chi connectivity index (χ2v) is 5.94. The van der Waals surface area contributed by atoms with Crippen molar-refractivity contribution < 1.29 is 14.1 Å². The van der Waals surface area contributed by atoms with Gasteiger partial charge in [-0.05, 0) is 31.2 Å². The number of rotatable bonds is 5. The molecule has 7 heteroatoms. The van der Waals surface area contributed by atoms with E-state index in [0.29, 0.717) is 16.5 Å². The Morgan fingerprint density at radius 2 is 2.12 bits per heavy atom. The van der Waals surface area contributed by atoms with Gasteiger partial charge in [0.1, 0.15) is 16.5 Å². The number of hydrogen-bond donors (Lipinski definition) is 0. The van der Waals surface area contributed by atoms with Crippen LogP contribution >= 0.6 is 11.3 Å². The van der Waals surface area contributed by atoms with E-state index in [1.54, 1.807) is 14.0 Å². The zero-order valence-corrected chi connectivity index (χ0v) is 13.8. The van der Waals surface area contributed by atoms with Crippen LogP contribution < -0.4 is 4.74 Å². The minimum absolute atomic E-state index is 0.139. The van der Waals surface area contributed by atoms with E-state index in [4.69, 9.17) is 9.26 Å². The van der Waals surface area contributed by atoms with Crippen LogP contribution in [0.1, 0.15) is 27.2 Å². The molecular weight excluding hydrogens is 326 g/mol. The summed E-state index contributed by atoms with van der Waals surface area (Å²) in [6.07, 6.45) is 0. The topological polar surface area (TPSA) is 89.0 Å². The Hall–Kier alpha value is -2.98. The molecule has 120 valence electrons. The number of nitrogens with zero attached hydrogens (tertiary/aromatic N) is 3. The smallest absolute Gasteiger partial charge is 0.208 e. The Morgan fingerprint density at radius 3 is 2.71 bits per heavy atom. The van der Waals surface area contributed by atoms with Crippen molar-refractivity contribution in [2.75, 3.05) is 7.11 Å². The summed E-state index contributed by atoms with van der Waals surface area (Å²) in [5.41, 5.74) is 1.74. The molecule has 0 aliphatic carbocycles. The van der Waals surface area contributed by atoms with Gasteiger partial charge in [-0.3, -0.25) is 4.79 Å². The van der Waals surface area contributed by atoms with Crippen LogP contribution in [0.25, 0.3) is 11.3 Å². The quantitative estimate of drug-likeness (QED) is 0.660. The first-order valence-electron chi connectivity index (χ1n) is 7.09. The number of thiazole rings is 1. The molecule has 6 nitrogen and oxygen atoms in total. The minimum Gasteiger partial charge on any atom is -0.497 e. The Kier molecular flexibility index (Phi) is 4.40. The summed E-state index contributed by atoms with van der Waals surface area (Å²) in [4.78, 5) is 16.9. The molecule has 0 aliphatic rings. The third-order valence-corrected chi connectivity index (χ3v) is 4.34. The standard InChI is InChI=1S/C17H13N3O3S/c1-10-7-14(20-23-10)16(21)13(8-18)17-19-15(9-24-17)11-3-5-12(22-2)6-4-11/h3-7,9,13H,1-2H3/t13-/m1/s1. The van der Waals surface area contributed by atoms with E-state index in [1.807, 2.05) is 35.7 Å². The summed E-state index contributed by atoms with van der Waals surface area (Å²) < 4.78 is 10.0. The number of ether oxygens (including phenoxy) is 1. The van der Waals surface area contributed by atoms with E-state index in [2.05, 4.69) is 10.1 Å². The Balaban J connectivity index is 1.87. The van der Waals surface area contributed by atoms with Crippen LogP contribution in [-0.2, 0) is 0 Å². The summed E-state index contributed by atoms with van der Waals surface area (Å²) in [6, 6.07) is 10.9. The summed E-state index contributed by atoms with van der Waals surface area (Å²) in [7, 11) is 1.60. The molecule has 2 heterocycles. The number of methoxy groups -OCH3 is 1. The molecule has 2 aromatic heterocycles. The lowest BCUT2D eigenvalue weighted by atomic mass is 10.0. The lowest BCUT2D eigenvalue weighted by molar-refractivity contribution is 0.0970. The van der Waals surface area contributed by atoms with Crippen molar-refractivity contribution in [1.29, 1.82) is 5.26 Å². The van der Waals surface area contributed by atoms with Crippen LogP contribution in [0.4, 0.5) is 0 Å². The molecule has 0 saturated heterocycles. The molecule has 0 bridgehead atoms. The Morgan fingerprint density at radius 1 is 1.38 bits per heavy atom. The second-order valence-electron chi connectivity index (χ2n) is 5.05. The predicted molar refractivity (Wildman–Crippen MR) is 88.0 cm³/mol. The molecule has 0 amide bonds. The maximum atomic E-state index is 12.4. The van der Waals surface area contributed by atoms with Crippen molar-refractivity contribution in [1.82, 2.24) is 10.1 Å². The highest BCUT2D eigenvalue weighted by atomic mass is 32.1. The van der Waals surface area contributed by atoms with Crippen LogP contribution in [0.3, 0.4) is 0 Å². The van der Waals surface area contributed by atoms with Crippen LogP contribution in [0.2, 0.25) is 0 Å². The zero-order valence-electron chi connectivity index (χ0n) is 13.0. The van der Waals surface area contributed by atoms with Crippen LogP contribution in [0, 0.1) is 18.3 Å². The van der Waals surface area contributed by atoms with Crippen molar-refractivity contribution in [2.24, 2.45) is 0 Å². The number of nitriles is 1. The van der Waals surface area contributed by atoms with E-state index < -0.39 is 11.7 Å². The molecule has 24 heavy (non-hydrogen) atoms. The van der Waals surface area contributed by atoms with Crippen molar-refractivity contribution in [3.63, 3.8) is 0 Å². The minimum atomic E-state index is -0.994. The molecule has 0 N–H and O–H groups in total. The lowest BCUT2D eigenvalue weighted by Gasteiger charge is -2.02. The zero-order chi connectivity index (χ0) is 17.1. The summed E-state index contributed by atoms with van der Waals surface area (Å²) in [5.74, 6) is -0.134. The molecule has 0 aliphatic heterocycles. The van der Waals surface area contributed by atoms with Gasteiger partial charge in [0.05, 0.1) is 18.9 Å². The second kappa shape index (κ2) is 6.64. The van der Waals surface area contributed by atoms with Gasteiger partial charge >= 0.3 is 0 Å². The van der Waals surface area contributed by atoms with Crippen molar-refractivity contribution in [3.05, 3.63) is 52.2 Å². The highest BCUT2D eigenvalue weighted by Crippen LogP contribution is 2.29. The van der Waals surface area contributed by atoms with Crippen molar-refractivity contribution in [3.8, 4) is 23.1 Å². The van der Waals surface area contributed by atoms with E-state index >= 15 is 0 Å². The van der Waals surface area contributed by atoms with Gasteiger partial charge in [0.15, 0.2) is 11.6 Å². The maximum Gasteiger partial charge on any atom is 0.208 e. The molecule has 0 saturated carbocycles. The van der Waals surface area contributed by atoms with Crippen molar-refractivity contribution >= 4 is 17.1 Å². The first-order chi connectivity index (χ1) is 11.6. The van der Waals surface area contributed by atoms with Gasteiger partial charge in [0, 0.05) is 17.0 Å². The van der Waals surface area contributed by atoms with Gasteiger partial charge in [-0.25, -0.2) is 4.98 Å². The van der Waals surface area contributed by atoms with E-state index in [1.165, 1.54) is 17.4 Å². The summed E-state index contributed by atoms with van der Waals surface area (Å²) in [5, 5.41) is 15.3. The summed E-state index contributed by atoms with van der Waals surface area (Å²) >= 11 is 1.27. The molecule has 1 atom stereocenters. The molecular formula is C17H13N3O3S. The number of carbonyl (C=O) groups excluding carboxylic acids is 1. The largest absolute Gasteiger partial charge is 0.497 e. The number of aryl methyl sites for hydroxylation is 1. The van der Waals surface area contributed by atoms with E-state index in [9.17, 15) is 10.1 Å². The first kappa shape index (κ1) is 15.9. The predicted octanol–water partition coefficient (Wildman–Crippen LogP) is 3.61. The number of carbonyl (C=O) groups is 1. The number of hydrogen-bond acceptors (Lipinski definition) is 7. The van der Waals surface area contributed by atoms with Gasteiger partial charge in [0.25, 0.3) is 0 Å². The van der Waals surface area contributed by atoms with Crippen molar-refractivity contribution in [2.45, 2.75) is 12.8 Å². The third kappa shape index (κ3) is 3.05. The summed E-state index contributed by atoms with van der Waals surface area (Å²) in [6.45, 7) is 1.69. The monoisotopic (exact) mass is 339 g/mol. The Bertz CT molecular complexity index is 906. The van der Waals surface area contributed by atoms with Crippen LogP contribution in [0.5, 0.6) is 5.75 Å². The number of benzene rings is 1. The Labute approximate surface area is 142 Å². The molecule has 0 radical (unpaired) electrons. The number of ketones is 1. The fraction of sp³-hybridized carbons (Fsp3) is 0.176. The molecule has 3 aromatic rings. The molecule has 0 unspecified atom stereocenters. The highest BCUT2D eigenvalue weighted by Gasteiger charge is 2.27. The highest BCUT2D eigenvalue weighted by molar-refractivity contribution is 7.10. The molecule has 0 spiro atoms. The fourth-order valence-electron chi connectivity index (χ4n) is 2.17. The number of Topliss-reactive ketones (excluding diaryl/α,β-unsaturated/α-hetero) is 1. The number of aromatic nitrogens is 2. The molecule has 0 fully saturated rings. The first-order valence-corrected chi connectivity index (χ1v) is 7.97. The SMILES string of the molecule is COc1ccc(-c2csc([C@H](C#N)C(=O)c3cc(C)on3)n2)cc1. The maximum absolute atomic E-state index is 12.4. The van der Waals surface area contributed by atoms with Gasteiger partial charge < -0.3 is 9.26 Å². The average molecular weight is 339 g/mol. The van der Waals surface area contributed by atoms with Gasteiger partial charge in [0.2, 0.25) is 5.78 Å². The van der Waals surface area contributed by atoms with E-state index in [0.717, 1.165) is 11.3 Å². The van der Waals surface area contributed by atoms with Gasteiger partial charge in [-0.2, -0.15) is 5.26 Å². The van der Waals surface area contributed by atoms with Crippen LogP contribution in [0.15, 0.2) is 40.2 Å².